The Bertz CT molecular complexity index is 360. The molecule has 0 aliphatic heterocycles. The van der Waals surface area contributed by atoms with Crippen molar-refractivity contribution in [3.8, 4) is 0 Å². The Morgan fingerprint density at radius 1 is 1.62 bits per heavy atom. The lowest BCUT2D eigenvalue weighted by molar-refractivity contribution is 0.0972. The lowest BCUT2D eigenvalue weighted by Crippen LogP contribution is -2.26. The number of nitrogens with zero attached hydrogens (tertiary/aromatic N) is 1. The van der Waals surface area contributed by atoms with Gasteiger partial charge in [-0.05, 0) is 19.5 Å². The van der Waals surface area contributed by atoms with E-state index in [1.54, 1.807) is 13.0 Å². The van der Waals surface area contributed by atoms with Crippen LogP contribution in [0.1, 0.15) is 28.8 Å². The van der Waals surface area contributed by atoms with Gasteiger partial charge in [-0.1, -0.05) is 6.92 Å². The Kier molecular flexibility index (Phi) is 4.52. The molecule has 0 spiro atoms. The van der Waals surface area contributed by atoms with Gasteiger partial charge in [0.1, 0.15) is 5.76 Å². The molecule has 0 saturated carbocycles. The van der Waals surface area contributed by atoms with Gasteiger partial charge in [0.05, 0.1) is 6.61 Å². The predicted molar refractivity (Wildman–Crippen MR) is 60.0 cm³/mol. The van der Waals surface area contributed by atoms with Crippen molar-refractivity contribution in [2.24, 2.45) is 5.73 Å². The molecule has 1 heterocycles. The maximum atomic E-state index is 10.9. The van der Waals surface area contributed by atoms with Gasteiger partial charge in [-0.3, -0.25) is 9.69 Å². The summed E-state index contributed by atoms with van der Waals surface area (Å²) in [6.45, 7) is 6.02. The summed E-state index contributed by atoms with van der Waals surface area (Å²) in [5.74, 6) is 0.331. The van der Waals surface area contributed by atoms with Crippen molar-refractivity contribution < 1.29 is 14.3 Å². The minimum atomic E-state index is -0.556. The van der Waals surface area contributed by atoms with Gasteiger partial charge in [0.25, 0.3) is 5.91 Å². The summed E-state index contributed by atoms with van der Waals surface area (Å²) in [6, 6.07) is 1.66. The Hall–Kier alpha value is -1.33. The molecule has 0 aliphatic carbocycles. The highest BCUT2D eigenvalue weighted by atomic mass is 16.3. The molecule has 90 valence electrons. The number of aliphatic hydroxyl groups excluding tert-OH is 1. The molecule has 1 aromatic heterocycles. The van der Waals surface area contributed by atoms with Crippen LogP contribution in [0.4, 0.5) is 0 Å². The molecule has 0 bridgehead atoms. The Labute approximate surface area is 94.8 Å². The number of hydrogen-bond donors (Lipinski definition) is 2. The fourth-order valence-electron chi connectivity index (χ4n) is 1.53. The van der Waals surface area contributed by atoms with Crippen molar-refractivity contribution in [3.63, 3.8) is 0 Å². The van der Waals surface area contributed by atoms with Gasteiger partial charge in [-0.2, -0.15) is 0 Å². The van der Waals surface area contributed by atoms with Crippen LogP contribution < -0.4 is 5.73 Å². The smallest absolute Gasteiger partial charge is 0.284 e. The normalized spacial score (nSPS) is 11.0. The van der Waals surface area contributed by atoms with E-state index in [2.05, 4.69) is 4.90 Å². The number of aliphatic hydroxyl groups is 1. The lowest BCUT2D eigenvalue weighted by Gasteiger charge is -2.18. The molecule has 1 rings (SSSR count). The SMILES string of the molecule is CCN(CCO)Cc1cc(C(N)=O)oc1C. The minimum absolute atomic E-state index is 0.118. The van der Waals surface area contributed by atoms with Crippen molar-refractivity contribution in [3.05, 3.63) is 23.2 Å². The van der Waals surface area contributed by atoms with E-state index in [1.165, 1.54) is 0 Å². The molecule has 0 aromatic carbocycles. The van der Waals surface area contributed by atoms with Crippen LogP contribution in [0.5, 0.6) is 0 Å². The van der Waals surface area contributed by atoms with Gasteiger partial charge in [-0.15, -0.1) is 0 Å². The summed E-state index contributed by atoms with van der Waals surface area (Å²) in [6.07, 6.45) is 0. The zero-order valence-corrected chi connectivity index (χ0v) is 9.69. The molecule has 0 fully saturated rings. The second-order valence-corrected chi connectivity index (χ2v) is 3.65. The molecule has 0 atom stereocenters. The number of rotatable bonds is 6. The number of aryl methyl sites for hydroxylation is 1. The third-order valence-corrected chi connectivity index (χ3v) is 2.52. The van der Waals surface area contributed by atoms with Crippen molar-refractivity contribution in [1.29, 1.82) is 0 Å². The van der Waals surface area contributed by atoms with Crippen LogP contribution in [-0.2, 0) is 6.54 Å². The van der Waals surface area contributed by atoms with Crippen LogP contribution >= 0.6 is 0 Å². The van der Waals surface area contributed by atoms with Gasteiger partial charge in [0.15, 0.2) is 5.76 Å². The topological polar surface area (TPSA) is 79.7 Å². The van der Waals surface area contributed by atoms with Gasteiger partial charge < -0.3 is 15.3 Å². The fourth-order valence-corrected chi connectivity index (χ4v) is 1.53. The van der Waals surface area contributed by atoms with Crippen LogP contribution in [0.3, 0.4) is 0 Å². The van der Waals surface area contributed by atoms with E-state index in [4.69, 9.17) is 15.3 Å². The Morgan fingerprint density at radius 2 is 2.31 bits per heavy atom. The summed E-state index contributed by atoms with van der Waals surface area (Å²) in [7, 11) is 0. The molecule has 1 amide bonds. The zero-order chi connectivity index (χ0) is 12.1. The van der Waals surface area contributed by atoms with E-state index in [9.17, 15) is 4.79 Å². The number of likely N-dealkylation sites (N-methyl/N-ethyl adjacent to an activating group) is 1. The standard InChI is InChI=1S/C11H18N2O3/c1-3-13(4-5-14)7-9-6-10(11(12)15)16-8(9)2/h6,14H,3-5,7H2,1-2H3,(H2,12,15). The van der Waals surface area contributed by atoms with Gasteiger partial charge in [0.2, 0.25) is 0 Å². The van der Waals surface area contributed by atoms with E-state index in [-0.39, 0.29) is 12.4 Å². The quantitative estimate of drug-likeness (QED) is 0.740. The molecule has 5 heteroatoms. The number of hydrogen-bond acceptors (Lipinski definition) is 4. The van der Waals surface area contributed by atoms with Crippen LogP contribution in [0, 0.1) is 6.92 Å². The van der Waals surface area contributed by atoms with Crippen LogP contribution in [-0.4, -0.2) is 35.6 Å². The molecule has 0 saturated heterocycles. The van der Waals surface area contributed by atoms with E-state index in [1.807, 2.05) is 6.92 Å². The number of primary amides is 1. The van der Waals surface area contributed by atoms with E-state index >= 15 is 0 Å². The monoisotopic (exact) mass is 226 g/mol. The Morgan fingerprint density at radius 3 is 2.75 bits per heavy atom. The number of carbonyl (C=O) groups excluding carboxylic acids is 1. The van der Waals surface area contributed by atoms with Crippen molar-refractivity contribution in [2.75, 3.05) is 19.7 Å². The highest BCUT2D eigenvalue weighted by Gasteiger charge is 2.13. The lowest BCUT2D eigenvalue weighted by atomic mass is 10.2. The van der Waals surface area contributed by atoms with Crippen molar-refractivity contribution in [1.82, 2.24) is 4.90 Å². The highest BCUT2D eigenvalue weighted by molar-refractivity contribution is 5.90. The molecular formula is C11H18N2O3. The average Bonchev–Trinajstić information content (AvgIpc) is 2.60. The third kappa shape index (κ3) is 3.08. The van der Waals surface area contributed by atoms with Crippen LogP contribution in [0.2, 0.25) is 0 Å². The van der Waals surface area contributed by atoms with Gasteiger partial charge in [0, 0.05) is 18.7 Å². The van der Waals surface area contributed by atoms with Gasteiger partial charge >= 0.3 is 0 Å². The maximum Gasteiger partial charge on any atom is 0.284 e. The summed E-state index contributed by atoms with van der Waals surface area (Å²) >= 11 is 0. The fraction of sp³-hybridized carbons (Fsp3) is 0.545. The summed E-state index contributed by atoms with van der Waals surface area (Å²) < 4.78 is 5.24. The van der Waals surface area contributed by atoms with E-state index < -0.39 is 5.91 Å². The minimum Gasteiger partial charge on any atom is -0.456 e. The zero-order valence-electron chi connectivity index (χ0n) is 9.69. The predicted octanol–water partition coefficient (Wildman–Crippen LogP) is 0.501. The molecule has 16 heavy (non-hydrogen) atoms. The molecule has 0 aliphatic rings. The highest BCUT2D eigenvalue weighted by Crippen LogP contribution is 2.16. The molecular weight excluding hydrogens is 208 g/mol. The number of nitrogens with two attached hydrogens (primary N) is 1. The number of furan rings is 1. The van der Waals surface area contributed by atoms with Crippen LogP contribution in [0.25, 0.3) is 0 Å². The first kappa shape index (κ1) is 12.7. The van der Waals surface area contributed by atoms with E-state index in [0.29, 0.717) is 18.8 Å². The second kappa shape index (κ2) is 5.67. The largest absolute Gasteiger partial charge is 0.456 e. The third-order valence-electron chi connectivity index (χ3n) is 2.52. The first-order chi connectivity index (χ1) is 7.58. The molecule has 3 N–H and O–H groups in total. The molecule has 0 radical (unpaired) electrons. The average molecular weight is 226 g/mol. The van der Waals surface area contributed by atoms with Crippen molar-refractivity contribution in [2.45, 2.75) is 20.4 Å². The summed E-state index contributed by atoms with van der Waals surface area (Å²) in [5, 5.41) is 8.87. The van der Waals surface area contributed by atoms with E-state index in [0.717, 1.165) is 12.1 Å². The first-order valence-electron chi connectivity index (χ1n) is 5.30. The second-order valence-electron chi connectivity index (χ2n) is 3.65. The first-order valence-corrected chi connectivity index (χ1v) is 5.30. The number of carbonyl (C=O) groups is 1. The maximum absolute atomic E-state index is 10.9. The number of amides is 1. The summed E-state index contributed by atoms with van der Waals surface area (Å²) in [4.78, 5) is 13.0. The van der Waals surface area contributed by atoms with Crippen LogP contribution in [0.15, 0.2) is 10.5 Å². The molecule has 0 unspecified atom stereocenters. The molecule has 1 aromatic rings. The van der Waals surface area contributed by atoms with Crippen molar-refractivity contribution >= 4 is 5.91 Å². The summed E-state index contributed by atoms with van der Waals surface area (Å²) in [5.41, 5.74) is 6.07. The van der Waals surface area contributed by atoms with Gasteiger partial charge in [-0.25, -0.2) is 0 Å². The molecule has 5 nitrogen and oxygen atoms in total. The Balaban J connectivity index is 2.75.